The number of amides is 1. The van der Waals surface area contributed by atoms with Gasteiger partial charge >= 0.3 is 0 Å². The summed E-state index contributed by atoms with van der Waals surface area (Å²) in [5.74, 6) is -0.0464. The predicted octanol–water partition coefficient (Wildman–Crippen LogP) is 3.12. The second-order valence-corrected chi connectivity index (χ2v) is 5.19. The fourth-order valence-corrected chi connectivity index (χ4v) is 2.63. The van der Waals surface area contributed by atoms with Gasteiger partial charge in [-0.3, -0.25) is 4.79 Å². The van der Waals surface area contributed by atoms with Gasteiger partial charge in [0.2, 0.25) is 0 Å². The number of anilines is 2. The number of carbonyl (C=O) groups is 1. The van der Waals surface area contributed by atoms with Crippen molar-refractivity contribution in [2.45, 2.75) is 6.42 Å². The molecule has 0 unspecified atom stereocenters. The molecule has 0 saturated carbocycles. The summed E-state index contributed by atoms with van der Waals surface area (Å²) in [7, 11) is 1.71. The van der Waals surface area contributed by atoms with Crippen LogP contribution in [0.5, 0.6) is 0 Å². The maximum atomic E-state index is 13.4. The second-order valence-electron chi connectivity index (χ2n) is 4.78. The molecule has 0 aliphatic carbocycles. The van der Waals surface area contributed by atoms with Crippen LogP contribution in [-0.2, 0) is 6.42 Å². The van der Waals surface area contributed by atoms with Crippen LogP contribution in [0, 0.1) is 5.82 Å². The standard InChI is InChI=1S/C15H13ClFN3O/c1-18-14-7-11(12(16)8-19-14)15(21)20-5-4-9-2-3-10(17)6-13(9)20/h2-3,6-8H,4-5H2,1H3,(H,18,19). The van der Waals surface area contributed by atoms with E-state index in [1.165, 1.54) is 18.3 Å². The molecule has 1 amide bonds. The van der Waals surface area contributed by atoms with Gasteiger partial charge in [-0.25, -0.2) is 9.37 Å². The molecule has 4 nitrogen and oxygen atoms in total. The summed E-state index contributed by atoms with van der Waals surface area (Å²) in [6, 6.07) is 6.10. The fraction of sp³-hybridized carbons (Fsp3) is 0.200. The Morgan fingerprint density at radius 2 is 2.24 bits per heavy atom. The minimum absolute atomic E-state index is 0.247. The third kappa shape index (κ3) is 2.45. The summed E-state index contributed by atoms with van der Waals surface area (Å²) in [6.45, 7) is 0.519. The summed E-state index contributed by atoms with van der Waals surface area (Å²) in [6.07, 6.45) is 2.14. The van der Waals surface area contributed by atoms with Gasteiger partial charge in [-0.2, -0.15) is 0 Å². The quantitative estimate of drug-likeness (QED) is 0.927. The van der Waals surface area contributed by atoms with E-state index < -0.39 is 0 Å². The summed E-state index contributed by atoms with van der Waals surface area (Å²) >= 11 is 6.07. The van der Waals surface area contributed by atoms with Crippen LogP contribution in [0.25, 0.3) is 0 Å². The van der Waals surface area contributed by atoms with E-state index >= 15 is 0 Å². The minimum Gasteiger partial charge on any atom is -0.373 e. The van der Waals surface area contributed by atoms with Crippen molar-refractivity contribution >= 4 is 29.0 Å². The van der Waals surface area contributed by atoms with Gasteiger partial charge in [0.15, 0.2) is 0 Å². The van der Waals surface area contributed by atoms with Crippen molar-refractivity contribution in [3.05, 3.63) is 52.4 Å². The molecule has 2 aromatic rings. The van der Waals surface area contributed by atoms with Crippen LogP contribution in [0.4, 0.5) is 15.9 Å². The van der Waals surface area contributed by atoms with Gasteiger partial charge in [0.25, 0.3) is 5.91 Å². The molecular formula is C15H13ClFN3O. The molecule has 108 valence electrons. The molecule has 0 fully saturated rings. The SMILES string of the molecule is CNc1cc(C(=O)N2CCc3ccc(F)cc32)c(Cl)cn1. The molecule has 6 heteroatoms. The number of nitrogens with zero attached hydrogens (tertiary/aromatic N) is 2. The number of benzene rings is 1. The summed E-state index contributed by atoms with van der Waals surface area (Å²) in [5.41, 5.74) is 1.93. The first-order valence-corrected chi connectivity index (χ1v) is 6.91. The number of hydrogen-bond acceptors (Lipinski definition) is 3. The lowest BCUT2D eigenvalue weighted by molar-refractivity contribution is 0.0989. The second kappa shape index (κ2) is 5.33. The maximum Gasteiger partial charge on any atom is 0.259 e. The molecule has 0 saturated heterocycles. The Kier molecular flexibility index (Phi) is 3.51. The molecule has 3 rings (SSSR count). The van der Waals surface area contributed by atoms with Gasteiger partial charge in [-0.05, 0) is 30.2 Å². The average molecular weight is 306 g/mol. The Labute approximate surface area is 126 Å². The van der Waals surface area contributed by atoms with Crippen LogP contribution in [0.2, 0.25) is 5.02 Å². The van der Waals surface area contributed by atoms with E-state index in [9.17, 15) is 9.18 Å². The number of nitrogens with one attached hydrogen (secondary N) is 1. The zero-order chi connectivity index (χ0) is 15.0. The highest BCUT2D eigenvalue weighted by atomic mass is 35.5. The van der Waals surface area contributed by atoms with E-state index in [1.54, 1.807) is 24.1 Å². The van der Waals surface area contributed by atoms with Crippen LogP contribution < -0.4 is 10.2 Å². The van der Waals surface area contributed by atoms with Crippen molar-refractivity contribution < 1.29 is 9.18 Å². The highest BCUT2D eigenvalue weighted by Gasteiger charge is 2.27. The predicted molar refractivity (Wildman–Crippen MR) is 80.6 cm³/mol. The fourth-order valence-electron chi connectivity index (χ4n) is 2.45. The van der Waals surface area contributed by atoms with Gasteiger partial charge in [0, 0.05) is 19.8 Å². The third-order valence-electron chi connectivity index (χ3n) is 3.53. The van der Waals surface area contributed by atoms with Crippen molar-refractivity contribution in [3.8, 4) is 0 Å². The highest BCUT2D eigenvalue weighted by Crippen LogP contribution is 2.31. The van der Waals surface area contributed by atoms with Crippen LogP contribution in [0.15, 0.2) is 30.5 Å². The Morgan fingerprint density at radius 3 is 3.00 bits per heavy atom. The lowest BCUT2D eigenvalue weighted by Gasteiger charge is -2.18. The molecule has 1 N–H and O–H groups in total. The molecule has 1 aliphatic rings. The third-order valence-corrected chi connectivity index (χ3v) is 3.83. The van der Waals surface area contributed by atoms with Crippen molar-refractivity contribution in [3.63, 3.8) is 0 Å². The first-order chi connectivity index (χ1) is 10.1. The number of fused-ring (bicyclic) bond motifs is 1. The highest BCUT2D eigenvalue weighted by molar-refractivity contribution is 6.34. The minimum atomic E-state index is -0.356. The van der Waals surface area contributed by atoms with Gasteiger partial charge in [0.1, 0.15) is 11.6 Å². The molecule has 0 bridgehead atoms. The molecule has 1 aromatic carbocycles. The van der Waals surface area contributed by atoms with Crippen molar-refractivity contribution in [2.24, 2.45) is 0 Å². The van der Waals surface area contributed by atoms with Gasteiger partial charge in [0.05, 0.1) is 16.3 Å². The number of pyridine rings is 1. The molecule has 1 aromatic heterocycles. The van der Waals surface area contributed by atoms with Crippen LogP contribution >= 0.6 is 11.6 Å². The monoisotopic (exact) mass is 305 g/mol. The number of carbonyl (C=O) groups excluding carboxylic acids is 1. The Bertz CT molecular complexity index is 720. The van der Waals surface area contributed by atoms with Crippen molar-refractivity contribution in [2.75, 3.05) is 23.8 Å². The number of rotatable bonds is 2. The van der Waals surface area contributed by atoms with E-state index in [4.69, 9.17) is 11.6 Å². The van der Waals surface area contributed by atoms with E-state index in [0.717, 1.165) is 5.56 Å². The van der Waals surface area contributed by atoms with E-state index in [0.29, 0.717) is 30.0 Å². The summed E-state index contributed by atoms with van der Waals surface area (Å²) in [5, 5.41) is 3.15. The lowest BCUT2D eigenvalue weighted by Crippen LogP contribution is -2.29. The first kappa shape index (κ1) is 13.8. The van der Waals surface area contributed by atoms with Crippen LogP contribution in [0.3, 0.4) is 0 Å². The summed E-state index contributed by atoms with van der Waals surface area (Å²) < 4.78 is 13.4. The largest absolute Gasteiger partial charge is 0.373 e. The average Bonchev–Trinajstić information content (AvgIpc) is 2.90. The normalized spacial score (nSPS) is 13.2. The van der Waals surface area contributed by atoms with Gasteiger partial charge in [-0.1, -0.05) is 17.7 Å². The molecule has 1 aliphatic heterocycles. The zero-order valence-electron chi connectivity index (χ0n) is 11.4. The first-order valence-electron chi connectivity index (χ1n) is 6.53. The Balaban J connectivity index is 2.00. The molecule has 0 atom stereocenters. The van der Waals surface area contributed by atoms with Gasteiger partial charge in [-0.15, -0.1) is 0 Å². The van der Waals surface area contributed by atoms with E-state index in [-0.39, 0.29) is 16.7 Å². The summed E-state index contributed by atoms with van der Waals surface area (Å²) in [4.78, 5) is 18.3. The molecular weight excluding hydrogens is 293 g/mol. The number of halogens is 2. The van der Waals surface area contributed by atoms with Crippen molar-refractivity contribution in [1.82, 2.24) is 4.98 Å². The zero-order valence-corrected chi connectivity index (χ0v) is 12.1. The number of hydrogen-bond donors (Lipinski definition) is 1. The number of aromatic nitrogens is 1. The Hall–Kier alpha value is -2.14. The van der Waals surface area contributed by atoms with Crippen molar-refractivity contribution in [1.29, 1.82) is 0 Å². The molecule has 21 heavy (non-hydrogen) atoms. The smallest absolute Gasteiger partial charge is 0.259 e. The lowest BCUT2D eigenvalue weighted by atomic mass is 10.1. The maximum absolute atomic E-state index is 13.4. The Morgan fingerprint density at radius 1 is 1.43 bits per heavy atom. The van der Waals surface area contributed by atoms with Gasteiger partial charge < -0.3 is 10.2 Å². The molecule has 0 radical (unpaired) electrons. The molecule has 2 heterocycles. The van der Waals surface area contributed by atoms with E-state index in [1.807, 2.05) is 0 Å². The van der Waals surface area contributed by atoms with E-state index in [2.05, 4.69) is 10.3 Å². The van der Waals surface area contributed by atoms with Crippen LogP contribution in [0.1, 0.15) is 15.9 Å². The topological polar surface area (TPSA) is 45.2 Å². The van der Waals surface area contributed by atoms with Crippen LogP contribution in [-0.4, -0.2) is 24.5 Å². The molecule has 0 spiro atoms.